The van der Waals surface area contributed by atoms with Crippen LogP contribution in [-0.2, 0) is 4.79 Å². The Morgan fingerprint density at radius 3 is 2.69 bits per heavy atom. The van der Waals surface area contributed by atoms with E-state index >= 15 is 0 Å². The number of likely N-dealkylation sites (tertiary alicyclic amines) is 1. The molecule has 12 heteroatoms. The molecule has 2 aromatic heterocycles. The third-order valence-corrected chi connectivity index (χ3v) is 5.95. The van der Waals surface area contributed by atoms with Crippen LogP contribution in [0.1, 0.15) is 47.9 Å². The molecule has 0 bridgehead atoms. The number of aromatic nitrogens is 4. The number of carbonyl (C=O) groups excluding carboxylic acids is 2. The van der Waals surface area contributed by atoms with Crippen LogP contribution < -0.4 is 10.6 Å². The number of thiazole rings is 1. The average Bonchev–Trinajstić information content (AvgIpc) is 3.42. The topological polar surface area (TPSA) is 105 Å². The van der Waals surface area contributed by atoms with Crippen LogP contribution in [0.3, 0.4) is 0 Å². The molecule has 2 saturated heterocycles. The van der Waals surface area contributed by atoms with Gasteiger partial charge in [0.1, 0.15) is 6.04 Å². The fraction of sp³-hybridized carbons (Fsp3) is 0.588. The van der Waals surface area contributed by atoms with Gasteiger partial charge in [0.05, 0.1) is 11.7 Å². The molecule has 2 fully saturated rings. The molecule has 0 aromatic carbocycles. The van der Waals surface area contributed by atoms with Crippen molar-refractivity contribution < 1.29 is 9.59 Å². The third kappa shape index (κ3) is 4.88. The van der Waals surface area contributed by atoms with E-state index in [-0.39, 0.29) is 42.7 Å². The standard InChI is InChI=1S/C17H23N7O2S.2ClH/c1-11-14(21-22-24(11)12-4-6-18-7-5-12)16(26)23-9-2-3-13(23)15(25)20-17-19-8-10-27-17;;/h8,10,12-13,18H,2-7,9H2,1H3,(H,19,20,25);2*1H. The number of halogens is 2. The molecule has 2 N–H and O–H groups in total. The van der Waals surface area contributed by atoms with Gasteiger partial charge in [-0.25, -0.2) is 9.67 Å². The molecular weight excluding hydrogens is 437 g/mol. The van der Waals surface area contributed by atoms with Crippen LogP contribution in [0.5, 0.6) is 0 Å². The lowest BCUT2D eigenvalue weighted by atomic mass is 10.1. The fourth-order valence-electron chi connectivity index (χ4n) is 3.83. The highest BCUT2D eigenvalue weighted by Gasteiger charge is 2.37. The van der Waals surface area contributed by atoms with Crippen LogP contribution in [0.25, 0.3) is 0 Å². The van der Waals surface area contributed by atoms with Gasteiger partial charge in [-0.15, -0.1) is 41.2 Å². The lowest BCUT2D eigenvalue weighted by Gasteiger charge is -2.24. The molecule has 0 saturated carbocycles. The van der Waals surface area contributed by atoms with E-state index < -0.39 is 6.04 Å². The maximum Gasteiger partial charge on any atom is 0.277 e. The Morgan fingerprint density at radius 1 is 1.24 bits per heavy atom. The van der Waals surface area contributed by atoms with E-state index in [1.54, 1.807) is 16.5 Å². The van der Waals surface area contributed by atoms with Crippen LogP contribution in [0.2, 0.25) is 0 Å². The summed E-state index contributed by atoms with van der Waals surface area (Å²) in [5, 5.41) is 16.9. The normalized spacial score (nSPS) is 19.3. The van der Waals surface area contributed by atoms with E-state index in [9.17, 15) is 9.59 Å². The lowest BCUT2D eigenvalue weighted by Crippen LogP contribution is -2.43. The first-order valence-corrected chi connectivity index (χ1v) is 10.2. The summed E-state index contributed by atoms with van der Waals surface area (Å²) in [6.45, 7) is 4.32. The number of hydrogen-bond acceptors (Lipinski definition) is 7. The molecule has 160 valence electrons. The number of nitrogens with zero attached hydrogens (tertiary/aromatic N) is 5. The van der Waals surface area contributed by atoms with Crippen molar-refractivity contribution in [2.45, 2.75) is 44.7 Å². The van der Waals surface area contributed by atoms with E-state index in [0.717, 1.165) is 38.0 Å². The van der Waals surface area contributed by atoms with Crippen molar-refractivity contribution in [1.29, 1.82) is 0 Å². The second-order valence-electron chi connectivity index (χ2n) is 6.93. The van der Waals surface area contributed by atoms with E-state index in [1.807, 2.05) is 11.6 Å². The van der Waals surface area contributed by atoms with Crippen molar-refractivity contribution >= 4 is 53.1 Å². The Hall–Kier alpha value is -1.75. The summed E-state index contributed by atoms with van der Waals surface area (Å²) in [6, 6.07) is -0.229. The molecular formula is C17H25Cl2N7O2S. The zero-order valence-electron chi connectivity index (χ0n) is 16.0. The number of anilines is 1. The van der Waals surface area contributed by atoms with Crippen LogP contribution >= 0.6 is 36.2 Å². The zero-order chi connectivity index (χ0) is 18.8. The average molecular weight is 462 g/mol. The first-order valence-electron chi connectivity index (χ1n) is 9.29. The van der Waals surface area contributed by atoms with Gasteiger partial charge in [0.25, 0.3) is 5.91 Å². The third-order valence-electron chi connectivity index (χ3n) is 5.26. The summed E-state index contributed by atoms with van der Waals surface area (Å²) in [7, 11) is 0. The van der Waals surface area contributed by atoms with Crippen molar-refractivity contribution in [3.8, 4) is 0 Å². The molecule has 4 rings (SSSR count). The monoisotopic (exact) mass is 461 g/mol. The lowest BCUT2D eigenvalue weighted by molar-refractivity contribution is -0.119. The van der Waals surface area contributed by atoms with Crippen LogP contribution in [0, 0.1) is 6.92 Å². The molecule has 9 nitrogen and oxygen atoms in total. The molecule has 29 heavy (non-hydrogen) atoms. The number of amides is 2. The van der Waals surface area contributed by atoms with Gasteiger partial charge in [0, 0.05) is 18.1 Å². The van der Waals surface area contributed by atoms with Gasteiger partial charge in [0.15, 0.2) is 10.8 Å². The van der Waals surface area contributed by atoms with Gasteiger partial charge >= 0.3 is 0 Å². The Balaban J connectivity index is 0.00000150. The number of piperidine rings is 1. The molecule has 4 heterocycles. The highest BCUT2D eigenvalue weighted by atomic mass is 35.5. The molecule has 2 aromatic rings. The number of hydrogen-bond donors (Lipinski definition) is 2. The molecule has 1 atom stereocenters. The van der Waals surface area contributed by atoms with Crippen molar-refractivity contribution in [3.63, 3.8) is 0 Å². The second kappa shape index (κ2) is 10.3. The number of carbonyl (C=O) groups is 2. The van der Waals surface area contributed by atoms with E-state index in [4.69, 9.17) is 0 Å². The minimum atomic E-state index is -0.496. The second-order valence-corrected chi connectivity index (χ2v) is 7.83. The molecule has 2 aliphatic heterocycles. The van der Waals surface area contributed by atoms with Crippen molar-refractivity contribution in [3.05, 3.63) is 23.0 Å². The highest BCUT2D eigenvalue weighted by Crippen LogP contribution is 2.25. The smallest absolute Gasteiger partial charge is 0.277 e. The van der Waals surface area contributed by atoms with Crippen molar-refractivity contribution in [2.24, 2.45) is 0 Å². The maximum absolute atomic E-state index is 13.1. The van der Waals surface area contributed by atoms with Crippen LogP contribution in [-0.4, -0.2) is 62.4 Å². The molecule has 2 aliphatic rings. The largest absolute Gasteiger partial charge is 0.325 e. The van der Waals surface area contributed by atoms with Crippen molar-refractivity contribution in [1.82, 2.24) is 30.2 Å². The summed E-state index contributed by atoms with van der Waals surface area (Å²) in [5.41, 5.74) is 1.13. The molecule has 0 aliphatic carbocycles. The summed E-state index contributed by atoms with van der Waals surface area (Å²) in [4.78, 5) is 31.4. The van der Waals surface area contributed by atoms with Gasteiger partial charge in [0.2, 0.25) is 5.91 Å². The maximum atomic E-state index is 13.1. The SMILES string of the molecule is Cc1c(C(=O)N2CCCC2C(=O)Nc2nccs2)nnn1C1CCNCC1.Cl.Cl. The van der Waals surface area contributed by atoms with Crippen molar-refractivity contribution in [2.75, 3.05) is 25.0 Å². The van der Waals surface area contributed by atoms with Crippen LogP contribution in [0.4, 0.5) is 5.13 Å². The van der Waals surface area contributed by atoms with Gasteiger partial charge < -0.3 is 15.5 Å². The minimum Gasteiger partial charge on any atom is -0.325 e. The Morgan fingerprint density at radius 2 is 2.00 bits per heavy atom. The summed E-state index contributed by atoms with van der Waals surface area (Å²) in [5.74, 6) is -0.413. The van der Waals surface area contributed by atoms with Crippen LogP contribution in [0.15, 0.2) is 11.6 Å². The number of nitrogens with one attached hydrogen (secondary N) is 2. The first-order chi connectivity index (χ1) is 13.1. The highest BCUT2D eigenvalue weighted by molar-refractivity contribution is 7.13. The Kier molecular flexibility index (Phi) is 8.38. The van der Waals surface area contributed by atoms with E-state index in [2.05, 4.69) is 25.9 Å². The quantitative estimate of drug-likeness (QED) is 0.721. The molecule has 0 radical (unpaired) electrons. The van der Waals surface area contributed by atoms with Gasteiger partial charge in [-0.2, -0.15) is 0 Å². The fourth-order valence-corrected chi connectivity index (χ4v) is 4.36. The van der Waals surface area contributed by atoms with E-state index in [0.29, 0.717) is 23.8 Å². The van der Waals surface area contributed by atoms with Gasteiger partial charge in [-0.3, -0.25) is 9.59 Å². The summed E-state index contributed by atoms with van der Waals surface area (Å²) in [6.07, 6.45) is 5.02. The summed E-state index contributed by atoms with van der Waals surface area (Å²) >= 11 is 1.36. The van der Waals surface area contributed by atoms with Gasteiger partial charge in [-0.05, 0) is 45.7 Å². The Bertz CT molecular complexity index is 824. The summed E-state index contributed by atoms with van der Waals surface area (Å²) < 4.78 is 1.87. The predicted molar refractivity (Wildman–Crippen MR) is 115 cm³/mol. The molecule has 1 unspecified atom stereocenters. The first kappa shape index (κ1) is 23.5. The van der Waals surface area contributed by atoms with E-state index in [1.165, 1.54) is 11.3 Å². The Labute approximate surface area is 185 Å². The minimum absolute atomic E-state index is 0. The molecule has 2 amide bonds. The molecule has 0 spiro atoms. The number of rotatable bonds is 4. The predicted octanol–water partition coefficient (Wildman–Crippen LogP) is 2.05. The zero-order valence-corrected chi connectivity index (χ0v) is 18.5. The van der Waals surface area contributed by atoms with Gasteiger partial charge in [-0.1, -0.05) is 5.21 Å².